The first-order chi connectivity index (χ1) is 25.6. The molecule has 0 bridgehead atoms. The number of fused-ring (bicyclic) bond motifs is 19. The van der Waals surface area contributed by atoms with E-state index in [1.54, 1.807) is 0 Å². The Hall–Kier alpha value is -6.26. The lowest BCUT2D eigenvalue weighted by Crippen LogP contribution is -2.49. The maximum absolute atomic E-state index is 6.67. The highest BCUT2D eigenvalue weighted by Crippen LogP contribution is 2.48. The zero-order valence-electron chi connectivity index (χ0n) is 28.9. The average Bonchev–Trinajstić information content (AvgIpc) is 3.83. The van der Waals surface area contributed by atoms with Crippen LogP contribution in [0.5, 0.6) is 0 Å². The van der Waals surface area contributed by atoms with Gasteiger partial charge in [-0.25, -0.2) is 0 Å². The number of benzene rings is 5. The fourth-order valence-corrected chi connectivity index (χ4v) is 10.0. The van der Waals surface area contributed by atoms with Gasteiger partial charge in [-0.05, 0) is 86.0 Å². The summed E-state index contributed by atoms with van der Waals surface area (Å²) in [5.41, 5.74) is 15.9. The lowest BCUT2D eigenvalue weighted by Gasteiger charge is -2.31. The summed E-state index contributed by atoms with van der Waals surface area (Å²) in [7, 11) is 0. The van der Waals surface area contributed by atoms with Crippen molar-refractivity contribution in [2.24, 2.45) is 0 Å². The Bertz CT molecular complexity index is 3160. The number of rotatable bonds is 0. The number of furan rings is 1. The first-order valence-electron chi connectivity index (χ1n) is 18.5. The third-order valence-electron chi connectivity index (χ3n) is 12.3. The Balaban J connectivity index is 1.17. The minimum Gasteiger partial charge on any atom is -0.455 e. The Morgan fingerprint density at radius 1 is 0.712 bits per heavy atom. The van der Waals surface area contributed by atoms with Crippen LogP contribution in [0, 0.1) is 6.92 Å². The van der Waals surface area contributed by atoms with Crippen LogP contribution in [-0.4, -0.2) is 4.40 Å². The highest BCUT2D eigenvalue weighted by atomic mass is 16.3. The van der Waals surface area contributed by atoms with Crippen LogP contribution in [0.3, 0.4) is 0 Å². The smallest absolute Gasteiger partial charge is 0.218 e. The monoisotopic (exact) mass is 669 g/mol. The van der Waals surface area contributed by atoms with Gasteiger partial charge in [-0.3, -0.25) is 0 Å². The van der Waals surface area contributed by atoms with Crippen molar-refractivity contribution in [3.63, 3.8) is 0 Å². The highest BCUT2D eigenvalue weighted by Gasteiger charge is 2.42. The van der Waals surface area contributed by atoms with Gasteiger partial charge in [0.2, 0.25) is 11.4 Å². The van der Waals surface area contributed by atoms with Crippen LogP contribution in [0.1, 0.15) is 41.5 Å². The van der Waals surface area contributed by atoms with Gasteiger partial charge in [0.25, 0.3) is 0 Å². The number of para-hydroxylation sites is 2. The molecule has 0 N–H and O–H groups in total. The third kappa shape index (κ3) is 3.66. The van der Waals surface area contributed by atoms with Gasteiger partial charge in [0.05, 0.1) is 33.9 Å². The Morgan fingerprint density at radius 3 is 2.48 bits per heavy atom. The molecule has 0 saturated heterocycles. The molecule has 0 spiro atoms. The van der Waals surface area contributed by atoms with Crippen LogP contribution >= 0.6 is 0 Å². The standard InChI is InChI=1S/C48H35N3O/c1-28-18-21-41-36-25-37-38-26-39-34-13-6-8-17-45(34)52-48(39)46-35-14-5-7-16-42(35)51(47(38)46)44(37)24-30(36)19-20-33-31-11-3-4-12-32(31)40-15-9-10-22-49(40)43(33)23-29(2)50(41)27-28/h3-18,21-22,24-27,33,43H,2,19-20,23H2,1H3/q+2. The summed E-state index contributed by atoms with van der Waals surface area (Å²) >= 11 is 0. The Kier molecular flexibility index (Phi) is 5.56. The second kappa shape index (κ2) is 10.2. The van der Waals surface area contributed by atoms with Crippen molar-refractivity contribution < 1.29 is 13.6 Å². The second-order valence-corrected chi connectivity index (χ2v) is 15.0. The molecule has 0 amide bonds. The quantitative estimate of drug-likeness (QED) is 0.148. The van der Waals surface area contributed by atoms with E-state index in [1.165, 1.54) is 82.7 Å². The van der Waals surface area contributed by atoms with E-state index >= 15 is 0 Å². The Labute approximate surface area is 300 Å². The molecule has 0 fully saturated rings. The van der Waals surface area contributed by atoms with Crippen molar-refractivity contribution >= 4 is 65.7 Å². The molecule has 4 nitrogen and oxygen atoms in total. The molecule has 0 saturated carbocycles. The van der Waals surface area contributed by atoms with Gasteiger partial charge in [0.1, 0.15) is 11.2 Å². The van der Waals surface area contributed by atoms with Gasteiger partial charge in [-0.1, -0.05) is 54.6 Å². The minimum atomic E-state index is 0.262. The summed E-state index contributed by atoms with van der Waals surface area (Å²) < 4.78 is 14.1. The molecular formula is C48H35N3O+2. The van der Waals surface area contributed by atoms with Gasteiger partial charge in [-0.15, -0.1) is 0 Å². The molecule has 2 atom stereocenters. The SMILES string of the molecule is C=C1CC2C(CCc3cc4c(cc3-c3ccc(C)c[n+]31)c1cc3c5ccccc5oc3c3c5ccccc5n4c13)c1ccccc1-c1cccc[n+]12. The van der Waals surface area contributed by atoms with E-state index in [1.807, 2.05) is 0 Å². The van der Waals surface area contributed by atoms with E-state index in [2.05, 4.69) is 154 Å². The fourth-order valence-electron chi connectivity index (χ4n) is 10.0. The zero-order valence-corrected chi connectivity index (χ0v) is 28.9. The van der Waals surface area contributed by atoms with Crippen molar-refractivity contribution in [2.75, 3.05) is 0 Å². The maximum Gasteiger partial charge on any atom is 0.218 e. The van der Waals surface area contributed by atoms with Crippen LogP contribution < -0.4 is 9.13 Å². The zero-order chi connectivity index (χ0) is 34.2. The normalized spacial score (nSPS) is 17.1. The molecule has 52 heavy (non-hydrogen) atoms. The molecule has 4 heteroatoms. The van der Waals surface area contributed by atoms with E-state index in [0.29, 0.717) is 5.92 Å². The molecule has 0 radical (unpaired) electrons. The van der Waals surface area contributed by atoms with Gasteiger partial charge >= 0.3 is 0 Å². The van der Waals surface area contributed by atoms with Crippen LogP contribution in [0.25, 0.3) is 88.2 Å². The van der Waals surface area contributed by atoms with Crippen LogP contribution in [-0.2, 0) is 6.42 Å². The number of nitrogens with zero attached hydrogens (tertiary/aromatic N) is 3. The highest BCUT2D eigenvalue weighted by molar-refractivity contribution is 6.33. The molecule has 2 aliphatic heterocycles. The number of aryl methyl sites for hydroxylation is 2. The predicted molar refractivity (Wildman–Crippen MR) is 211 cm³/mol. The molecule has 5 aromatic carbocycles. The van der Waals surface area contributed by atoms with E-state index in [-0.39, 0.29) is 6.04 Å². The molecule has 10 aromatic rings. The van der Waals surface area contributed by atoms with Gasteiger partial charge in [0.15, 0.2) is 24.1 Å². The number of allylic oxidation sites excluding steroid dienone is 1. The summed E-state index contributed by atoms with van der Waals surface area (Å²) in [6.45, 7) is 7.00. The number of aromatic nitrogens is 3. The molecule has 2 unspecified atom stereocenters. The van der Waals surface area contributed by atoms with E-state index in [9.17, 15) is 0 Å². The van der Waals surface area contributed by atoms with E-state index < -0.39 is 0 Å². The predicted octanol–water partition coefficient (Wildman–Crippen LogP) is 11.1. The largest absolute Gasteiger partial charge is 0.455 e. The first-order valence-corrected chi connectivity index (χ1v) is 18.5. The number of hydrogen-bond acceptors (Lipinski definition) is 1. The molecule has 12 rings (SSSR count). The van der Waals surface area contributed by atoms with Crippen molar-refractivity contribution in [3.8, 4) is 22.5 Å². The lowest BCUT2D eigenvalue weighted by atomic mass is 9.77. The molecule has 2 aliphatic rings. The first kappa shape index (κ1) is 28.4. The summed E-state index contributed by atoms with van der Waals surface area (Å²) in [5, 5.41) is 7.32. The summed E-state index contributed by atoms with van der Waals surface area (Å²) in [6.07, 6.45) is 7.44. The summed E-state index contributed by atoms with van der Waals surface area (Å²) in [6, 6.07) is 45.2. The van der Waals surface area contributed by atoms with Gasteiger partial charge < -0.3 is 8.82 Å². The van der Waals surface area contributed by atoms with Crippen LogP contribution in [0.4, 0.5) is 0 Å². The summed E-state index contributed by atoms with van der Waals surface area (Å²) in [4.78, 5) is 0. The van der Waals surface area contributed by atoms with Gasteiger partial charge in [-0.2, -0.15) is 9.13 Å². The molecule has 7 heterocycles. The van der Waals surface area contributed by atoms with Crippen molar-refractivity contribution in [2.45, 2.75) is 38.1 Å². The van der Waals surface area contributed by atoms with Crippen LogP contribution in [0.2, 0.25) is 0 Å². The van der Waals surface area contributed by atoms with E-state index in [0.717, 1.165) is 41.5 Å². The molecule has 5 aromatic heterocycles. The summed E-state index contributed by atoms with van der Waals surface area (Å²) in [5.74, 6) is 0.345. The van der Waals surface area contributed by atoms with Crippen molar-refractivity contribution in [1.29, 1.82) is 0 Å². The van der Waals surface area contributed by atoms with E-state index in [4.69, 9.17) is 11.0 Å². The lowest BCUT2D eigenvalue weighted by molar-refractivity contribution is -0.720. The molecule has 246 valence electrons. The average molecular weight is 670 g/mol. The van der Waals surface area contributed by atoms with Gasteiger partial charge in [0, 0.05) is 62.2 Å². The topological polar surface area (TPSA) is 25.3 Å². The van der Waals surface area contributed by atoms with Crippen molar-refractivity contribution in [3.05, 3.63) is 157 Å². The fraction of sp³-hybridized carbons (Fsp3) is 0.125. The maximum atomic E-state index is 6.67. The number of pyridine rings is 2. The minimum absolute atomic E-state index is 0.262. The Morgan fingerprint density at radius 2 is 1.54 bits per heavy atom. The molecular weight excluding hydrogens is 635 g/mol. The number of hydrogen-bond donors (Lipinski definition) is 0. The second-order valence-electron chi connectivity index (χ2n) is 15.0. The molecule has 0 aliphatic carbocycles. The van der Waals surface area contributed by atoms with Crippen molar-refractivity contribution in [1.82, 2.24) is 4.40 Å². The van der Waals surface area contributed by atoms with Crippen LogP contribution in [0.15, 0.2) is 145 Å². The third-order valence-corrected chi connectivity index (χ3v) is 12.3.